The van der Waals surface area contributed by atoms with Crippen LogP contribution in [0.4, 0.5) is 0 Å². The van der Waals surface area contributed by atoms with Crippen LogP contribution in [0.5, 0.6) is 0 Å². The fourth-order valence-electron chi connectivity index (χ4n) is 2.35. The Kier molecular flexibility index (Phi) is 7.20. The van der Waals surface area contributed by atoms with E-state index in [-0.39, 0.29) is 37.1 Å². The molecule has 3 aliphatic heterocycles. The first-order valence-corrected chi connectivity index (χ1v) is 9.54. The minimum absolute atomic E-state index is 0.0167. The number of carbonyl (C=O) groups excluding carboxylic acids is 2. The molecule has 30 heavy (non-hydrogen) atoms. The smallest absolute Gasteiger partial charge is 0.338 e. The van der Waals surface area contributed by atoms with E-state index in [1.54, 1.807) is 18.2 Å². The van der Waals surface area contributed by atoms with Crippen LogP contribution < -0.4 is 0 Å². The maximum absolute atomic E-state index is 12.3. The average molecular weight is 420 g/mol. The molecule has 3 atom stereocenters. The molecule has 3 aliphatic rings. The minimum Gasteiger partial charge on any atom is -0.478 e. The van der Waals surface area contributed by atoms with Gasteiger partial charge in [-0.15, -0.1) is 0 Å². The molecule has 1 aromatic carbocycles. The molecular weight excluding hydrogens is 396 g/mol. The van der Waals surface area contributed by atoms with Crippen LogP contribution in [-0.2, 0) is 34.9 Å². The zero-order valence-electron chi connectivity index (χ0n) is 16.6. The van der Waals surface area contributed by atoms with E-state index in [1.807, 2.05) is 0 Å². The first kappa shape index (κ1) is 21.9. The fraction of sp³-hybridized carbons (Fsp3) is 0.476. The number of carboxylic acids is 1. The number of hydrogen-bond donors (Lipinski definition) is 1. The van der Waals surface area contributed by atoms with Crippen molar-refractivity contribution in [2.75, 3.05) is 33.0 Å². The topological polar surface area (TPSA) is 127 Å². The second-order valence-electron chi connectivity index (χ2n) is 7.22. The Bertz CT molecular complexity index is 808. The highest BCUT2D eigenvalue weighted by Crippen LogP contribution is 2.22. The summed E-state index contributed by atoms with van der Waals surface area (Å²) in [4.78, 5) is 33.9. The first-order valence-electron chi connectivity index (χ1n) is 9.54. The van der Waals surface area contributed by atoms with Gasteiger partial charge in [-0.3, -0.25) is 0 Å². The van der Waals surface area contributed by atoms with Crippen LogP contribution >= 0.6 is 0 Å². The van der Waals surface area contributed by atoms with Gasteiger partial charge in [-0.1, -0.05) is 6.58 Å². The third-order valence-corrected chi connectivity index (χ3v) is 4.38. The monoisotopic (exact) mass is 420 g/mol. The maximum atomic E-state index is 12.3. The van der Waals surface area contributed by atoms with E-state index in [9.17, 15) is 14.4 Å². The summed E-state index contributed by atoms with van der Waals surface area (Å²) in [6.45, 7) is 7.04. The van der Waals surface area contributed by atoms with Crippen LogP contribution in [-0.4, -0.2) is 74.4 Å². The standard InChI is InChI=1S/C17H18O7.C4H6O2/c18-16(23-8-13-6-21-13)10-1-2-15(11(3-10)4-12-5-20-12)17(19)24-9-14-7-22-14;1-3(2)4(5)6/h1-3,12-14H,4-9H2;1H2,2H3,(H,5,6). The van der Waals surface area contributed by atoms with E-state index in [4.69, 9.17) is 28.8 Å². The van der Waals surface area contributed by atoms with Crippen molar-refractivity contribution < 1.29 is 43.2 Å². The van der Waals surface area contributed by atoms with Gasteiger partial charge in [-0.25, -0.2) is 14.4 Å². The lowest BCUT2D eigenvalue weighted by Crippen LogP contribution is -2.15. The second kappa shape index (κ2) is 9.84. The number of hydrogen-bond acceptors (Lipinski definition) is 8. The Morgan fingerprint density at radius 1 is 1.00 bits per heavy atom. The molecule has 3 saturated heterocycles. The van der Waals surface area contributed by atoms with Crippen molar-refractivity contribution in [3.05, 3.63) is 47.0 Å². The number of epoxide rings is 3. The largest absolute Gasteiger partial charge is 0.478 e. The van der Waals surface area contributed by atoms with Gasteiger partial charge >= 0.3 is 17.9 Å². The molecule has 1 aromatic rings. The summed E-state index contributed by atoms with van der Waals surface area (Å²) in [5.41, 5.74) is 1.77. The van der Waals surface area contributed by atoms with E-state index in [2.05, 4.69) is 6.58 Å². The van der Waals surface area contributed by atoms with E-state index in [0.717, 1.165) is 5.56 Å². The number of esters is 2. The number of benzene rings is 1. The summed E-state index contributed by atoms with van der Waals surface area (Å²) in [5, 5.41) is 7.89. The average Bonchev–Trinajstić information content (AvgIpc) is 3.54. The van der Waals surface area contributed by atoms with Crippen LogP contribution in [0.2, 0.25) is 0 Å². The maximum Gasteiger partial charge on any atom is 0.338 e. The molecule has 0 saturated carbocycles. The molecule has 0 spiro atoms. The molecule has 3 fully saturated rings. The number of rotatable bonds is 9. The Morgan fingerprint density at radius 3 is 1.97 bits per heavy atom. The number of carboxylic acid groups (broad SMARTS) is 1. The van der Waals surface area contributed by atoms with E-state index >= 15 is 0 Å². The van der Waals surface area contributed by atoms with Crippen molar-refractivity contribution in [1.82, 2.24) is 0 Å². The van der Waals surface area contributed by atoms with E-state index in [0.29, 0.717) is 37.4 Å². The molecule has 1 N–H and O–H groups in total. The van der Waals surface area contributed by atoms with E-state index < -0.39 is 17.9 Å². The normalized spacial score (nSPS) is 22.8. The van der Waals surface area contributed by atoms with Crippen LogP contribution in [0.1, 0.15) is 33.2 Å². The highest BCUT2D eigenvalue weighted by atomic mass is 16.6. The minimum atomic E-state index is -0.935. The Balaban J connectivity index is 0.000000377. The molecule has 9 nitrogen and oxygen atoms in total. The van der Waals surface area contributed by atoms with Gasteiger partial charge in [0, 0.05) is 12.0 Å². The molecule has 0 radical (unpaired) electrons. The van der Waals surface area contributed by atoms with Crippen molar-refractivity contribution in [1.29, 1.82) is 0 Å². The predicted molar refractivity (Wildman–Crippen MR) is 102 cm³/mol. The summed E-state index contributed by atoms with van der Waals surface area (Å²) in [7, 11) is 0. The lowest BCUT2D eigenvalue weighted by atomic mass is 10.00. The molecular formula is C21H24O9. The molecule has 162 valence electrons. The van der Waals surface area contributed by atoms with Crippen LogP contribution in [0.3, 0.4) is 0 Å². The van der Waals surface area contributed by atoms with Gasteiger partial charge in [0.25, 0.3) is 0 Å². The molecule has 9 heteroatoms. The third-order valence-electron chi connectivity index (χ3n) is 4.38. The molecule has 0 aromatic heterocycles. The molecule has 0 aliphatic carbocycles. The van der Waals surface area contributed by atoms with Gasteiger partial charge in [0.05, 0.1) is 37.1 Å². The van der Waals surface area contributed by atoms with Gasteiger partial charge in [0.1, 0.15) is 25.4 Å². The van der Waals surface area contributed by atoms with Gasteiger partial charge in [0.15, 0.2) is 0 Å². The number of ether oxygens (including phenoxy) is 5. The fourth-order valence-corrected chi connectivity index (χ4v) is 2.35. The van der Waals surface area contributed by atoms with E-state index in [1.165, 1.54) is 6.92 Å². The molecule has 4 rings (SSSR count). The van der Waals surface area contributed by atoms with Crippen molar-refractivity contribution in [3.63, 3.8) is 0 Å². The van der Waals surface area contributed by atoms with Crippen LogP contribution in [0.25, 0.3) is 0 Å². The van der Waals surface area contributed by atoms with Crippen molar-refractivity contribution in [2.24, 2.45) is 0 Å². The molecule has 0 amide bonds. The summed E-state index contributed by atoms with van der Waals surface area (Å²) < 4.78 is 25.7. The SMILES string of the molecule is C=C(C)C(=O)O.O=C(OCC1CO1)c1ccc(C(=O)OCC2CO2)c(CC2CO2)c1. The molecule has 3 heterocycles. The highest BCUT2D eigenvalue weighted by Gasteiger charge is 2.29. The molecule has 3 unspecified atom stereocenters. The Labute approximate surface area is 173 Å². The van der Waals surface area contributed by atoms with Gasteiger partial charge in [0.2, 0.25) is 0 Å². The Hall–Kier alpha value is -2.75. The van der Waals surface area contributed by atoms with Crippen molar-refractivity contribution >= 4 is 17.9 Å². The van der Waals surface area contributed by atoms with Gasteiger partial charge in [-0.2, -0.15) is 0 Å². The first-order chi connectivity index (χ1) is 14.3. The summed E-state index contributed by atoms with van der Waals surface area (Å²) in [6, 6.07) is 4.87. The summed E-state index contributed by atoms with van der Waals surface area (Å²) in [6.07, 6.45) is 0.696. The third kappa shape index (κ3) is 7.25. The Morgan fingerprint density at radius 2 is 1.50 bits per heavy atom. The number of aliphatic carboxylic acids is 1. The zero-order valence-corrected chi connectivity index (χ0v) is 16.6. The van der Waals surface area contributed by atoms with Crippen LogP contribution in [0, 0.1) is 0 Å². The van der Waals surface area contributed by atoms with Crippen molar-refractivity contribution in [2.45, 2.75) is 31.7 Å². The van der Waals surface area contributed by atoms with Gasteiger partial charge in [-0.05, 0) is 30.7 Å². The zero-order chi connectivity index (χ0) is 21.7. The van der Waals surface area contributed by atoms with Crippen LogP contribution in [0.15, 0.2) is 30.4 Å². The lowest BCUT2D eigenvalue weighted by Gasteiger charge is -2.10. The lowest BCUT2D eigenvalue weighted by molar-refractivity contribution is -0.132. The second-order valence-corrected chi connectivity index (χ2v) is 7.22. The quantitative estimate of drug-likeness (QED) is 0.358. The summed E-state index contributed by atoms with van der Waals surface area (Å²) >= 11 is 0. The number of carbonyl (C=O) groups is 3. The van der Waals surface area contributed by atoms with Gasteiger partial charge < -0.3 is 28.8 Å². The summed E-state index contributed by atoms with van der Waals surface area (Å²) in [5.74, 6) is -1.77. The highest BCUT2D eigenvalue weighted by molar-refractivity contribution is 5.95. The predicted octanol–water partition coefficient (Wildman–Crippen LogP) is 1.39. The van der Waals surface area contributed by atoms with Crippen molar-refractivity contribution in [3.8, 4) is 0 Å². The molecule has 0 bridgehead atoms.